The quantitative estimate of drug-likeness (QED) is 0.589. The van der Waals surface area contributed by atoms with E-state index in [0.717, 1.165) is 12.8 Å². The van der Waals surface area contributed by atoms with Crippen LogP contribution in [0.3, 0.4) is 0 Å². The van der Waals surface area contributed by atoms with Gasteiger partial charge in [0.05, 0.1) is 11.1 Å². The van der Waals surface area contributed by atoms with Gasteiger partial charge in [-0.3, -0.25) is 14.5 Å². The molecule has 2 aliphatic rings. The molecule has 3 rings (SSSR count). The summed E-state index contributed by atoms with van der Waals surface area (Å²) in [5.41, 5.74) is 2.45. The van der Waals surface area contributed by atoms with E-state index in [1.54, 1.807) is 24.3 Å². The van der Waals surface area contributed by atoms with Crippen LogP contribution in [-0.4, -0.2) is 23.3 Å². The van der Waals surface area contributed by atoms with E-state index in [0.29, 0.717) is 17.7 Å². The summed E-state index contributed by atoms with van der Waals surface area (Å²) in [6.07, 6.45) is 6.74. The van der Waals surface area contributed by atoms with E-state index < -0.39 is 0 Å². The number of benzene rings is 1. The molecule has 0 radical (unpaired) electrons. The number of carbonyl (C=O) groups is 2. The van der Waals surface area contributed by atoms with Crippen LogP contribution in [0, 0.1) is 0 Å². The summed E-state index contributed by atoms with van der Waals surface area (Å²) in [6.45, 7) is 0.418. The molecule has 0 saturated heterocycles. The SMILES string of the molecule is O=C1c2ccccc2C(=O)N1CC=C1CCCC1. The Hall–Kier alpha value is -1.90. The molecule has 1 saturated carbocycles. The van der Waals surface area contributed by atoms with Gasteiger partial charge in [-0.15, -0.1) is 0 Å². The molecule has 0 atom stereocenters. The predicted molar refractivity (Wildman–Crippen MR) is 68.4 cm³/mol. The third-order valence-electron chi connectivity index (χ3n) is 3.69. The van der Waals surface area contributed by atoms with Crippen LogP contribution in [0.15, 0.2) is 35.9 Å². The Kier molecular flexibility index (Phi) is 2.74. The molecule has 1 aliphatic carbocycles. The summed E-state index contributed by atoms with van der Waals surface area (Å²) in [5.74, 6) is -0.323. The minimum absolute atomic E-state index is 0.162. The second kappa shape index (κ2) is 4.41. The van der Waals surface area contributed by atoms with Crippen LogP contribution in [-0.2, 0) is 0 Å². The maximum Gasteiger partial charge on any atom is 0.261 e. The van der Waals surface area contributed by atoms with Gasteiger partial charge in [0.25, 0.3) is 11.8 Å². The van der Waals surface area contributed by atoms with Crippen LogP contribution in [0.4, 0.5) is 0 Å². The molecule has 1 aromatic carbocycles. The molecule has 0 aromatic heterocycles. The van der Waals surface area contributed by atoms with E-state index in [1.807, 2.05) is 0 Å². The Morgan fingerprint density at radius 3 is 2.11 bits per heavy atom. The lowest BCUT2D eigenvalue weighted by Gasteiger charge is -2.11. The number of fused-ring (bicyclic) bond motifs is 1. The minimum atomic E-state index is -0.162. The molecule has 3 nitrogen and oxygen atoms in total. The molecule has 18 heavy (non-hydrogen) atoms. The highest BCUT2D eigenvalue weighted by Gasteiger charge is 2.34. The monoisotopic (exact) mass is 241 g/mol. The second-order valence-corrected chi connectivity index (χ2v) is 4.84. The van der Waals surface area contributed by atoms with Crippen molar-refractivity contribution in [2.24, 2.45) is 0 Å². The minimum Gasteiger partial charge on any atom is -0.270 e. The third kappa shape index (κ3) is 1.76. The fourth-order valence-electron chi connectivity index (χ4n) is 2.66. The van der Waals surface area contributed by atoms with E-state index >= 15 is 0 Å². The van der Waals surface area contributed by atoms with Crippen molar-refractivity contribution < 1.29 is 9.59 Å². The van der Waals surface area contributed by atoms with Crippen molar-refractivity contribution in [2.45, 2.75) is 25.7 Å². The Morgan fingerprint density at radius 2 is 1.56 bits per heavy atom. The standard InChI is InChI=1S/C15H15NO2/c17-14-12-7-3-4-8-13(12)15(18)16(14)10-9-11-5-1-2-6-11/h3-4,7-9H,1-2,5-6,10H2. The van der Waals surface area contributed by atoms with E-state index in [-0.39, 0.29) is 11.8 Å². The maximum absolute atomic E-state index is 12.1. The molecule has 1 aliphatic heterocycles. The summed E-state index contributed by atoms with van der Waals surface area (Å²) in [5, 5.41) is 0. The predicted octanol–water partition coefficient (Wildman–Crippen LogP) is 2.78. The molecule has 1 aromatic rings. The van der Waals surface area contributed by atoms with Gasteiger partial charge in [0.2, 0.25) is 0 Å². The Morgan fingerprint density at radius 1 is 1.00 bits per heavy atom. The first-order chi connectivity index (χ1) is 8.77. The molecular formula is C15H15NO2. The van der Waals surface area contributed by atoms with Gasteiger partial charge in [-0.05, 0) is 37.8 Å². The first-order valence-electron chi connectivity index (χ1n) is 6.40. The van der Waals surface area contributed by atoms with E-state index in [4.69, 9.17) is 0 Å². The van der Waals surface area contributed by atoms with Crippen molar-refractivity contribution in [3.63, 3.8) is 0 Å². The topological polar surface area (TPSA) is 37.4 Å². The zero-order valence-electron chi connectivity index (χ0n) is 10.2. The summed E-state index contributed by atoms with van der Waals surface area (Å²) < 4.78 is 0. The number of amides is 2. The highest BCUT2D eigenvalue weighted by atomic mass is 16.2. The van der Waals surface area contributed by atoms with Gasteiger partial charge in [0, 0.05) is 6.54 Å². The molecule has 2 amide bonds. The Labute approximate surface area is 106 Å². The van der Waals surface area contributed by atoms with Gasteiger partial charge in [-0.2, -0.15) is 0 Å². The fraction of sp³-hybridized carbons (Fsp3) is 0.333. The number of imide groups is 1. The smallest absolute Gasteiger partial charge is 0.261 e. The maximum atomic E-state index is 12.1. The van der Waals surface area contributed by atoms with Gasteiger partial charge in [-0.1, -0.05) is 23.8 Å². The highest BCUT2D eigenvalue weighted by molar-refractivity contribution is 6.21. The lowest BCUT2D eigenvalue weighted by molar-refractivity contribution is 0.0672. The van der Waals surface area contributed by atoms with Crippen LogP contribution < -0.4 is 0 Å². The van der Waals surface area contributed by atoms with E-state index in [9.17, 15) is 9.59 Å². The number of allylic oxidation sites excluding steroid dienone is 1. The van der Waals surface area contributed by atoms with Crippen LogP contribution >= 0.6 is 0 Å². The number of hydrogen-bond acceptors (Lipinski definition) is 2. The molecule has 1 fully saturated rings. The molecule has 0 unspecified atom stereocenters. The summed E-state index contributed by atoms with van der Waals surface area (Å²) in [6, 6.07) is 7.03. The number of hydrogen-bond donors (Lipinski definition) is 0. The molecule has 1 heterocycles. The second-order valence-electron chi connectivity index (χ2n) is 4.84. The van der Waals surface area contributed by atoms with Crippen molar-refractivity contribution in [3.05, 3.63) is 47.0 Å². The number of nitrogens with zero attached hydrogens (tertiary/aromatic N) is 1. The van der Waals surface area contributed by atoms with Crippen molar-refractivity contribution in [1.29, 1.82) is 0 Å². The van der Waals surface area contributed by atoms with Gasteiger partial charge in [-0.25, -0.2) is 0 Å². The molecule has 3 heteroatoms. The van der Waals surface area contributed by atoms with Crippen LogP contribution in [0.1, 0.15) is 46.4 Å². The molecule has 0 spiro atoms. The van der Waals surface area contributed by atoms with Crippen LogP contribution in [0.25, 0.3) is 0 Å². The Balaban J connectivity index is 1.81. The molecule has 92 valence electrons. The zero-order valence-corrected chi connectivity index (χ0v) is 10.2. The number of rotatable bonds is 2. The van der Waals surface area contributed by atoms with Crippen LogP contribution in [0.2, 0.25) is 0 Å². The molecule has 0 bridgehead atoms. The van der Waals surface area contributed by atoms with Gasteiger partial charge >= 0.3 is 0 Å². The van der Waals surface area contributed by atoms with E-state index in [2.05, 4.69) is 6.08 Å². The van der Waals surface area contributed by atoms with Gasteiger partial charge in [0.15, 0.2) is 0 Å². The third-order valence-corrected chi connectivity index (χ3v) is 3.69. The van der Waals surface area contributed by atoms with Crippen LogP contribution in [0.5, 0.6) is 0 Å². The van der Waals surface area contributed by atoms with Crippen molar-refractivity contribution in [2.75, 3.05) is 6.54 Å². The largest absolute Gasteiger partial charge is 0.270 e. The highest BCUT2D eigenvalue weighted by Crippen LogP contribution is 2.25. The van der Waals surface area contributed by atoms with E-state index in [1.165, 1.54) is 23.3 Å². The number of carbonyl (C=O) groups excluding carboxylic acids is 2. The summed E-state index contributed by atoms with van der Waals surface area (Å²) in [7, 11) is 0. The summed E-state index contributed by atoms with van der Waals surface area (Å²) >= 11 is 0. The lowest BCUT2D eigenvalue weighted by atomic mass is 10.1. The Bertz CT molecular complexity index is 502. The zero-order chi connectivity index (χ0) is 12.5. The average Bonchev–Trinajstić information content (AvgIpc) is 2.98. The lowest BCUT2D eigenvalue weighted by Crippen LogP contribution is -2.29. The normalized spacial score (nSPS) is 18.4. The molecule has 0 N–H and O–H groups in total. The van der Waals surface area contributed by atoms with Crippen molar-refractivity contribution in [3.8, 4) is 0 Å². The van der Waals surface area contributed by atoms with Crippen molar-refractivity contribution >= 4 is 11.8 Å². The van der Waals surface area contributed by atoms with Crippen molar-refractivity contribution in [1.82, 2.24) is 4.90 Å². The average molecular weight is 241 g/mol. The molecular weight excluding hydrogens is 226 g/mol. The first kappa shape index (κ1) is 11.2. The fourth-order valence-corrected chi connectivity index (χ4v) is 2.66. The first-order valence-corrected chi connectivity index (χ1v) is 6.40. The van der Waals surface area contributed by atoms with Gasteiger partial charge < -0.3 is 0 Å². The summed E-state index contributed by atoms with van der Waals surface area (Å²) in [4.78, 5) is 25.5. The van der Waals surface area contributed by atoms with Gasteiger partial charge in [0.1, 0.15) is 0 Å².